The zero-order valence-electron chi connectivity index (χ0n) is 16.3. The highest BCUT2D eigenvalue weighted by atomic mass is 19.4. The Morgan fingerprint density at radius 2 is 1.76 bits per heavy atom. The monoisotopic (exact) mass is 485 g/mol. The van der Waals surface area contributed by atoms with Crippen molar-refractivity contribution in [3.05, 3.63) is 69.5 Å². The average Bonchev–Trinajstić information content (AvgIpc) is 3.13. The summed E-state index contributed by atoms with van der Waals surface area (Å²) in [5.74, 6) is -3.52. The summed E-state index contributed by atoms with van der Waals surface area (Å²) in [6.07, 6.45) is -16.1. The molecule has 1 aliphatic rings. The summed E-state index contributed by atoms with van der Waals surface area (Å²) in [5.41, 5.74) is -10.0. The van der Waals surface area contributed by atoms with Gasteiger partial charge >= 0.3 is 18.3 Å². The molecule has 33 heavy (non-hydrogen) atoms. The highest BCUT2D eigenvalue weighted by molar-refractivity contribution is 6.03. The van der Waals surface area contributed by atoms with E-state index in [2.05, 4.69) is 9.99 Å². The Morgan fingerprint density at radius 3 is 2.24 bits per heavy atom. The fourth-order valence-corrected chi connectivity index (χ4v) is 3.38. The summed E-state index contributed by atoms with van der Waals surface area (Å²) in [6.45, 7) is 1.34. The van der Waals surface area contributed by atoms with Crippen molar-refractivity contribution < 1.29 is 54.3 Å². The van der Waals surface area contributed by atoms with Gasteiger partial charge in [0.1, 0.15) is 5.82 Å². The molecule has 4 nitrogen and oxygen atoms in total. The van der Waals surface area contributed by atoms with Gasteiger partial charge in [0.25, 0.3) is 12.0 Å². The molecule has 1 heterocycles. The average molecular weight is 485 g/mol. The molecule has 0 radical (unpaired) electrons. The molecule has 1 N–H and O–H groups in total. The van der Waals surface area contributed by atoms with Gasteiger partial charge < -0.3 is 9.94 Å². The van der Waals surface area contributed by atoms with Crippen molar-refractivity contribution in [3.8, 4) is 0 Å². The molecular formula is C20H12F9NO3. The lowest BCUT2D eigenvalue weighted by molar-refractivity contribution is -0.277. The van der Waals surface area contributed by atoms with Crippen LogP contribution in [0.15, 0.2) is 35.5 Å². The lowest BCUT2D eigenvalue weighted by Gasteiger charge is -2.31. The number of benzene rings is 2. The second kappa shape index (κ2) is 7.96. The van der Waals surface area contributed by atoms with Crippen molar-refractivity contribution in [2.45, 2.75) is 37.7 Å². The van der Waals surface area contributed by atoms with Crippen molar-refractivity contribution in [3.63, 3.8) is 0 Å². The largest absolute Gasteiger partial charge is 0.478 e. The first-order valence-corrected chi connectivity index (χ1v) is 8.94. The molecule has 2 aromatic carbocycles. The van der Waals surface area contributed by atoms with Gasteiger partial charge in [-0.2, -0.15) is 26.3 Å². The van der Waals surface area contributed by atoms with Crippen molar-refractivity contribution in [1.29, 1.82) is 0 Å². The Morgan fingerprint density at radius 1 is 1.12 bits per heavy atom. The van der Waals surface area contributed by atoms with Gasteiger partial charge in [-0.05, 0) is 42.3 Å². The molecule has 1 aliphatic heterocycles. The number of aromatic carboxylic acids is 1. The zero-order chi connectivity index (χ0) is 24.9. The minimum absolute atomic E-state index is 0.0786. The standard InChI is InChI=1S/C20H12F9NO3/c1-8-4-9(2-3-11(8)17(31)32)14-7-18(33-30-14,20(27,28)29)13-6-10(19(24,25)26)5-12(15(13)21)16(22)23/h2-6,16H,7H2,1H3,(H,31,32). The van der Waals surface area contributed by atoms with E-state index in [0.717, 1.165) is 18.2 Å². The van der Waals surface area contributed by atoms with Crippen LogP contribution in [0.4, 0.5) is 39.5 Å². The molecule has 0 spiro atoms. The summed E-state index contributed by atoms with van der Waals surface area (Å²) in [7, 11) is 0. The van der Waals surface area contributed by atoms with Gasteiger partial charge in [-0.3, -0.25) is 0 Å². The van der Waals surface area contributed by atoms with Crippen LogP contribution in [0.1, 0.15) is 51.0 Å². The van der Waals surface area contributed by atoms with Crippen LogP contribution in [-0.2, 0) is 16.6 Å². The van der Waals surface area contributed by atoms with E-state index in [1.807, 2.05) is 0 Å². The van der Waals surface area contributed by atoms with Crippen LogP contribution in [-0.4, -0.2) is 23.0 Å². The van der Waals surface area contributed by atoms with Gasteiger partial charge in [0, 0.05) is 5.56 Å². The quantitative estimate of drug-likeness (QED) is 0.512. The molecule has 0 aromatic heterocycles. The van der Waals surface area contributed by atoms with Gasteiger partial charge in [-0.25, -0.2) is 18.0 Å². The van der Waals surface area contributed by atoms with Crippen molar-refractivity contribution in [2.24, 2.45) is 5.16 Å². The molecule has 3 rings (SSSR count). The van der Waals surface area contributed by atoms with Crippen LogP contribution in [0.5, 0.6) is 0 Å². The van der Waals surface area contributed by atoms with E-state index in [9.17, 15) is 44.3 Å². The van der Waals surface area contributed by atoms with E-state index in [1.165, 1.54) is 6.92 Å². The fourth-order valence-electron chi connectivity index (χ4n) is 3.38. The fraction of sp³-hybridized carbons (Fsp3) is 0.300. The number of carbonyl (C=O) groups is 1. The molecule has 1 unspecified atom stereocenters. The van der Waals surface area contributed by atoms with Gasteiger partial charge in [0.05, 0.1) is 28.8 Å². The number of nitrogens with zero attached hydrogens (tertiary/aromatic N) is 1. The van der Waals surface area contributed by atoms with E-state index < -0.39 is 65.0 Å². The topological polar surface area (TPSA) is 58.9 Å². The number of carboxylic acid groups (broad SMARTS) is 1. The molecule has 0 saturated carbocycles. The third kappa shape index (κ3) is 4.23. The molecule has 0 aliphatic carbocycles. The Kier molecular flexibility index (Phi) is 5.88. The predicted molar refractivity (Wildman–Crippen MR) is 94.5 cm³/mol. The third-order valence-corrected chi connectivity index (χ3v) is 5.07. The smallest absolute Gasteiger partial charge is 0.435 e. The third-order valence-electron chi connectivity index (χ3n) is 5.07. The number of rotatable bonds is 4. The number of hydrogen-bond acceptors (Lipinski definition) is 3. The number of aryl methyl sites for hydroxylation is 1. The van der Waals surface area contributed by atoms with E-state index in [1.54, 1.807) is 0 Å². The van der Waals surface area contributed by atoms with Crippen LogP contribution in [0, 0.1) is 12.7 Å². The maximum atomic E-state index is 14.7. The van der Waals surface area contributed by atoms with E-state index in [-0.39, 0.29) is 28.8 Å². The molecule has 1 atom stereocenters. The van der Waals surface area contributed by atoms with Crippen molar-refractivity contribution in [1.82, 2.24) is 0 Å². The molecule has 0 saturated heterocycles. The minimum atomic E-state index is -5.57. The van der Waals surface area contributed by atoms with Gasteiger partial charge in [0.2, 0.25) is 0 Å². The number of carboxylic acids is 1. The molecular weight excluding hydrogens is 473 g/mol. The van der Waals surface area contributed by atoms with Crippen molar-refractivity contribution >= 4 is 11.7 Å². The van der Waals surface area contributed by atoms with Crippen LogP contribution in [0.25, 0.3) is 0 Å². The second-order valence-electron chi connectivity index (χ2n) is 7.19. The molecule has 2 aromatic rings. The Bertz CT molecular complexity index is 1140. The second-order valence-corrected chi connectivity index (χ2v) is 7.19. The number of halogens is 9. The predicted octanol–water partition coefficient (Wildman–Crippen LogP) is 6.37. The molecule has 178 valence electrons. The maximum absolute atomic E-state index is 14.7. The Hall–Kier alpha value is -3.25. The first-order chi connectivity index (χ1) is 15.1. The highest BCUT2D eigenvalue weighted by Crippen LogP contribution is 2.51. The lowest BCUT2D eigenvalue weighted by Crippen LogP contribution is -2.44. The molecule has 0 bridgehead atoms. The maximum Gasteiger partial charge on any atom is 0.435 e. The van der Waals surface area contributed by atoms with Crippen molar-refractivity contribution in [2.75, 3.05) is 0 Å². The Labute approximate surface area is 179 Å². The first-order valence-electron chi connectivity index (χ1n) is 8.94. The van der Waals surface area contributed by atoms with E-state index >= 15 is 0 Å². The SMILES string of the molecule is Cc1cc(C2=NOC(c3cc(C(F)(F)F)cc(C(F)F)c3F)(C(F)(F)F)C2)ccc1C(=O)O. The van der Waals surface area contributed by atoms with Crippen LogP contribution in [0.3, 0.4) is 0 Å². The number of hydrogen-bond donors (Lipinski definition) is 1. The molecule has 13 heteroatoms. The highest BCUT2D eigenvalue weighted by Gasteiger charge is 2.64. The normalized spacial score (nSPS) is 18.9. The number of oxime groups is 1. The summed E-state index contributed by atoms with van der Waals surface area (Å²) in [5, 5.41) is 12.3. The van der Waals surface area contributed by atoms with Crippen LogP contribution < -0.4 is 0 Å². The van der Waals surface area contributed by atoms with Crippen LogP contribution >= 0.6 is 0 Å². The molecule has 0 amide bonds. The minimum Gasteiger partial charge on any atom is -0.478 e. The van der Waals surface area contributed by atoms with Gasteiger partial charge in [-0.15, -0.1) is 0 Å². The first kappa shape index (κ1) is 24.4. The summed E-state index contributed by atoms with van der Waals surface area (Å²) in [6, 6.07) is 2.79. The summed E-state index contributed by atoms with van der Waals surface area (Å²) >= 11 is 0. The molecule has 0 fully saturated rings. The zero-order valence-corrected chi connectivity index (χ0v) is 16.3. The Balaban J connectivity index is 2.17. The van der Waals surface area contributed by atoms with Gasteiger partial charge in [0.15, 0.2) is 0 Å². The lowest BCUT2D eigenvalue weighted by atomic mass is 9.84. The summed E-state index contributed by atoms with van der Waals surface area (Å²) in [4.78, 5) is 15.6. The summed E-state index contributed by atoms with van der Waals surface area (Å²) < 4.78 is 123. The van der Waals surface area contributed by atoms with Crippen LogP contribution in [0.2, 0.25) is 0 Å². The van der Waals surface area contributed by atoms with E-state index in [4.69, 9.17) is 5.11 Å². The van der Waals surface area contributed by atoms with E-state index in [0.29, 0.717) is 0 Å². The van der Waals surface area contributed by atoms with Gasteiger partial charge in [-0.1, -0.05) is 11.2 Å². The number of alkyl halides is 8.